The summed E-state index contributed by atoms with van der Waals surface area (Å²) >= 11 is 9.51. The van der Waals surface area contributed by atoms with E-state index in [1.165, 1.54) is 0 Å². The second-order valence-corrected chi connectivity index (χ2v) is 7.22. The van der Waals surface area contributed by atoms with Gasteiger partial charge in [-0.25, -0.2) is 4.98 Å². The molecule has 7 heteroatoms. The van der Waals surface area contributed by atoms with Crippen molar-refractivity contribution in [3.05, 3.63) is 75.4 Å². The maximum absolute atomic E-state index is 12.7. The third kappa shape index (κ3) is 3.46. The van der Waals surface area contributed by atoms with Crippen molar-refractivity contribution in [2.75, 3.05) is 5.32 Å². The molecule has 1 N–H and O–H groups in total. The van der Waals surface area contributed by atoms with Crippen molar-refractivity contribution >= 4 is 50.4 Å². The first-order chi connectivity index (χ1) is 13.0. The molecule has 5 nitrogen and oxygen atoms in total. The molecule has 0 radical (unpaired) electrons. The second-order valence-electron chi connectivity index (χ2n) is 5.90. The SMILES string of the molecule is Cc1c(NC(=O)c2cc(Br)ccc2Cl)cccc1-c1nc2ncccc2o1. The number of carbonyl (C=O) groups is 1. The van der Waals surface area contributed by atoms with Crippen LogP contribution in [0.5, 0.6) is 0 Å². The highest BCUT2D eigenvalue weighted by molar-refractivity contribution is 9.10. The Morgan fingerprint density at radius 1 is 1.19 bits per heavy atom. The summed E-state index contributed by atoms with van der Waals surface area (Å²) in [5.41, 5.74) is 3.82. The van der Waals surface area contributed by atoms with E-state index in [1.807, 2.05) is 31.2 Å². The molecule has 4 rings (SSSR count). The molecular formula is C20H13BrClN3O2. The van der Waals surface area contributed by atoms with Crippen LogP contribution in [0.2, 0.25) is 5.02 Å². The number of pyridine rings is 1. The van der Waals surface area contributed by atoms with Crippen LogP contribution in [0.1, 0.15) is 15.9 Å². The van der Waals surface area contributed by atoms with Gasteiger partial charge in [0.25, 0.3) is 5.91 Å². The Morgan fingerprint density at radius 3 is 2.85 bits per heavy atom. The third-order valence-electron chi connectivity index (χ3n) is 4.15. The van der Waals surface area contributed by atoms with E-state index in [9.17, 15) is 4.79 Å². The molecule has 2 aromatic carbocycles. The molecule has 27 heavy (non-hydrogen) atoms. The maximum Gasteiger partial charge on any atom is 0.257 e. The molecule has 1 amide bonds. The second kappa shape index (κ2) is 7.13. The molecular weight excluding hydrogens is 430 g/mol. The number of nitrogens with zero attached hydrogens (tertiary/aromatic N) is 2. The van der Waals surface area contributed by atoms with Gasteiger partial charge < -0.3 is 9.73 Å². The zero-order valence-electron chi connectivity index (χ0n) is 14.2. The van der Waals surface area contributed by atoms with Crippen LogP contribution in [0.15, 0.2) is 63.6 Å². The van der Waals surface area contributed by atoms with Crippen LogP contribution in [-0.4, -0.2) is 15.9 Å². The Hall–Kier alpha value is -2.70. The van der Waals surface area contributed by atoms with Gasteiger partial charge in [0.2, 0.25) is 5.89 Å². The van der Waals surface area contributed by atoms with Gasteiger partial charge in [-0.3, -0.25) is 4.79 Å². The predicted molar refractivity (Wildman–Crippen MR) is 109 cm³/mol. The van der Waals surface area contributed by atoms with Crippen molar-refractivity contribution in [1.29, 1.82) is 0 Å². The lowest BCUT2D eigenvalue weighted by atomic mass is 10.1. The first-order valence-corrected chi connectivity index (χ1v) is 9.28. The Balaban J connectivity index is 1.69. The summed E-state index contributed by atoms with van der Waals surface area (Å²) in [6, 6.07) is 14.3. The largest absolute Gasteiger partial charge is 0.434 e. The lowest BCUT2D eigenvalue weighted by molar-refractivity contribution is 0.102. The molecule has 134 valence electrons. The van der Waals surface area contributed by atoms with Crippen LogP contribution < -0.4 is 5.32 Å². The van der Waals surface area contributed by atoms with Crippen LogP contribution >= 0.6 is 27.5 Å². The molecule has 4 aromatic rings. The average molecular weight is 443 g/mol. The fourth-order valence-electron chi connectivity index (χ4n) is 2.75. The highest BCUT2D eigenvalue weighted by Gasteiger charge is 2.16. The molecule has 2 heterocycles. The number of hydrogen-bond donors (Lipinski definition) is 1. The molecule has 0 aliphatic rings. The highest BCUT2D eigenvalue weighted by atomic mass is 79.9. The molecule has 0 unspecified atom stereocenters. The summed E-state index contributed by atoms with van der Waals surface area (Å²) in [4.78, 5) is 21.3. The fourth-order valence-corrected chi connectivity index (χ4v) is 3.31. The lowest BCUT2D eigenvalue weighted by Gasteiger charge is -2.12. The van der Waals surface area contributed by atoms with E-state index in [2.05, 4.69) is 31.2 Å². The van der Waals surface area contributed by atoms with Crippen LogP contribution in [0, 0.1) is 6.92 Å². The van der Waals surface area contributed by atoms with Gasteiger partial charge in [0, 0.05) is 21.9 Å². The Bertz CT molecular complexity index is 1140. The van der Waals surface area contributed by atoms with Crippen molar-refractivity contribution in [2.24, 2.45) is 0 Å². The van der Waals surface area contributed by atoms with E-state index >= 15 is 0 Å². The normalized spacial score (nSPS) is 10.9. The minimum Gasteiger partial charge on any atom is -0.434 e. The number of hydrogen-bond acceptors (Lipinski definition) is 4. The van der Waals surface area contributed by atoms with E-state index in [0.717, 1.165) is 15.6 Å². The number of aromatic nitrogens is 2. The third-order valence-corrected chi connectivity index (χ3v) is 4.97. The molecule has 0 spiro atoms. The van der Waals surface area contributed by atoms with Crippen LogP contribution in [-0.2, 0) is 0 Å². The molecule has 2 aromatic heterocycles. The van der Waals surface area contributed by atoms with Gasteiger partial charge in [-0.05, 0) is 55.0 Å². The summed E-state index contributed by atoms with van der Waals surface area (Å²) in [5.74, 6) is 0.165. The predicted octanol–water partition coefficient (Wildman–Crippen LogP) is 5.87. The molecule has 0 bridgehead atoms. The first-order valence-electron chi connectivity index (χ1n) is 8.11. The van der Waals surface area contributed by atoms with E-state index in [-0.39, 0.29) is 5.91 Å². The van der Waals surface area contributed by atoms with E-state index in [1.54, 1.807) is 30.5 Å². The van der Waals surface area contributed by atoms with Crippen molar-refractivity contribution < 1.29 is 9.21 Å². The van der Waals surface area contributed by atoms with Crippen molar-refractivity contribution in [2.45, 2.75) is 6.92 Å². The van der Waals surface area contributed by atoms with Gasteiger partial charge in [0.05, 0.1) is 10.6 Å². The molecule has 0 fully saturated rings. The zero-order chi connectivity index (χ0) is 19.0. The summed E-state index contributed by atoms with van der Waals surface area (Å²) in [7, 11) is 0. The smallest absolute Gasteiger partial charge is 0.257 e. The molecule has 0 aliphatic heterocycles. The quantitative estimate of drug-likeness (QED) is 0.431. The van der Waals surface area contributed by atoms with Gasteiger partial charge >= 0.3 is 0 Å². The van der Waals surface area contributed by atoms with Gasteiger partial charge in [-0.15, -0.1) is 0 Å². The van der Waals surface area contributed by atoms with E-state index in [4.69, 9.17) is 16.0 Å². The Kier molecular flexibility index (Phi) is 4.68. The Labute approximate surface area is 168 Å². The number of benzene rings is 2. The van der Waals surface area contributed by atoms with Crippen molar-refractivity contribution in [3.63, 3.8) is 0 Å². The number of oxazole rings is 1. The van der Waals surface area contributed by atoms with Crippen molar-refractivity contribution in [1.82, 2.24) is 9.97 Å². The van der Waals surface area contributed by atoms with Crippen molar-refractivity contribution in [3.8, 4) is 11.5 Å². The van der Waals surface area contributed by atoms with Crippen LogP contribution in [0.25, 0.3) is 22.7 Å². The number of fused-ring (bicyclic) bond motifs is 1. The summed E-state index contributed by atoms with van der Waals surface area (Å²) in [5, 5.41) is 3.29. The monoisotopic (exact) mass is 441 g/mol. The first kappa shape index (κ1) is 17.7. The number of amides is 1. The summed E-state index contributed by atoms with van der Waals surface area (Å²) in [6.07, 6.45) is 1.67. The van der Waals surface area contributed by atoms with Gasteiger partial charge in [-0.2, -0.15) is 4.98 Å². The van der Waals surface area contributed by atoms with Gasteiger partial charge in [-0.1, -0.05) is 33.6 Å². The molecule has 0 saturated heterocycles. The van der Waals surface area contributed by atoms with Gasteiger partial charge in [0.1, 0.15) is 0 Å². The van der Waals surface area contributed by atoms with Crippen LogP contribution in [0.4, 0.5) is 5.69 Å². The lowest BCUT2D eigenvalue weighted by Crippen LogP contribution is -2.13. The summed E-state index contributed by atoms with van der Waals surface area (Å²) < 4.78 is 6.58. The number of nitrogens with one attached hydrogen (secondary N) is 1. The van der Waals surface area contributed by atoms with Crippen LogP contribution in [0.3, 0.4) is 0 Å². The fraction of sp³-hybridized carbons (Fsp3) is 0.0500. The highest BCUT2D eigenvalue weighted by Crippen LogP contribution is 2.30. The minimum atomic E-state index is -0.291. The zero-order valence-corrected chi connectivity index (χ0v) is 16.5. The molecule has 0 aliphatic carbocycles. The van der Waals surface area contributed by atoms with Gasteiger partial charge in [0.15, 0.2) is 11.2 Å². The topological polar surface area (TPSA) is 68.0 Å². The van der Waals surface area contributed by atoms with E-state index < -0.39 is 0 Å². The Morgan fingerprint density at radius 2 is 2.04 bits per heavy atom. The standard InChI is InChI=1S/C20H13BrClN3O2/c1-11-13(20-25-18-17(27-20)6-3-9-23-18)4-2-5-16(11)24-19(26)14-10-12(21)7-8-15(14)22/h2-10H,1H3,(H,24,26). The number of anilines is 1. The average Bonchev–Trinajstić information content (AvgIpc) is 3.09. The maximum atomic E-state index is 12.7. The molecule has 0 atom stereocenters. The number of carbonyl (C=O) groups excluding carboxylic acids is 1. The molecule has 0 saturated carbocycles. The number of rotatable bonds is 3. The minimum absolute atomic E-state index is 0.291. The van der Waals surface area contributed by atoms with E-state index in [0.29, 0.717) is 33.4 Å². The number of halogens is 2. The summed E-state index contributed by atoms with van der Waals surface area (Å²) in [6.45, 7) is 1.90.